The van der Waals surface area contributed by atoms with Crippen LogP contribution in [0.25, 0.3) is 5.76 Å². The molecule has 0 amide bonds. The second-order valence-electron chi connectivity index (χ2n) is 16.6. The number of carboxylic acid groups (broad SMARTS) is 1. The van der Waals surface area contributed by atoms with Gasteiger partial charge in [-0.15, -0.1) is 0 Å². The Bertz CT molecular complexity index is 2220. The Morgan fingerprint density at radius 2 is 1.57 bits per heavy atom. The molecule has 4 aromatic rings. The summed E-state index contributed by atoms with van der Waals surface area (Å²) in [6.07, 6.45) is 0.430. The van der Waals surface area contributed by atoms with E-state index >= 15 is 9.59 Å². The molecule has 1 saturated carbocycles. The molecule has 3 aromatic carbocycles. The molecule has 1 fully saturated rings. The number of hydrogen-bond donors (Lipinski definition) is 2. The number of ether oxygens (including phenoxy) is 3. The van der Waals surface area contributed by atoms with Crippen LogP contribution in [0.1, 0.15) is 82.0 Å². The maximum absolute atomic E-state index is 15.8. The van der Waals surface area contributed by atoms with Crippen molar-refractivity contribution in [3.05, 3.63) is 111 Å². The van der Waals surface area contributed by atoms with Gasteiger partial charge in [-0.2, -0.15) is 0 Å². The molecule has 1 heterocycles. The normalized spacial score (nSPS) is 21.9. The fraction of sp³-hybridized carbons (Fsp3) is 0.395. The lowest BCUT2D eigenvalue weighted by Gasteiger charge is -2.55. The number of Topliss-reactive ketones (excluding diaryl/α,β-unsaturated/α-hetero) is 2. The minimum Gasteiger partial charge on any atom is -0.507 e. The van der Waals surface area contributed by atoms with Gasteiger partial charge in [0.25, 0.3) is 5.88 Å². The number of benzene rings is 3. The van der Waals surface area contributed by atoms with E-state index in [1.165, 1.54) is 13.2 Å². The molecular formula is C43H48N2O10Si. The molecule has 2 N–H and O–H groups in total. The van der Waals surface area contributed by atoms with E-state index in [1.54, 1.807) is 0 Å². The first kappa shape index (κ1) is 39.0. The van der Waals surface area contributed by atoms with Crippen molar-refractivity contribution in [3.63, 3.8) is 0 Å². The molecule has 13 heteroatoms. The van der Waals surface area contributed by atoms with Gasteiger partial charge in [0.2, 0.25) is 11.6 Å². The van der Waals surface area contributed by atoms with Crippen LogP contribution in [0.4, 0.5) is 0 Å². The van der Waals surface area contributed by atoms with Crippen molar-refractivity contribution in [1.29, 1.82) is 0 Å². The summed E-state index contributed by atoms with van der Waals surface area (Å²) in [5.41, 5.74) is -0.190. The Hall–Kier alpha value is -5.24. The number of aliphatic hydroxyl groups is 1. The molecule has 0 saturated heterocycles. The lowest BCUT2D eigenvalue weighted by molar-refractivity contribution is -0.140. The standard InChI is InChI=1S/C43H48N2O10Si/c1-42(2,3)56(7,8)55-43-29(34(45(4)5)37-33(39(43)48)40(44-54-37)53-23-25-17-13-10-14-18-25)20-26-19-27-30(51-6)21-28(41(49)50)36(32(27)35(46)31(26)38(43)47)52-22-24-15-11-9-12-16-24/h9-18,21,26,29,34,46H,19-20,22-23H2,1-8H3,(H,49,50)/t26-,29-,34-,43?/m0/s1. The number of aromatic nitrogens is 1. The van der Waals surface area contributed by atoms with E-state index in [4.69, 9.17) is 23.2 Å². The molecule has 0 radical (unpaired) electrons. The van der Waals surface area contributed by atoms with Crippen LogP contribution in [0, 0.1) is 11.8 Å². The average Bonchev–Trinajstić information content (AvgIpc) is 3.57. The number of aromatic carboxylic acids is 1. The molecule has 7 rings (SSSR count). The van der Waals surface area contributed by atoms with Gasteiger partial charge in [-0.25, -0.2) is 4.79 Å². The van der Waals surface area contributed by atoms with Crippen LogP contribution in [0.15, 0.2) is 76.8 Å². The summed E-state index contributed by atoms with van der Waals surface area (Å²) in [4.78, 5) is 45.9. The van der Waals surface area contributed by atoms with E-state index in [-0.39, 0.29) is 71.5 Å². The molecule has 56 heavy (non-hydrogen) atoms. The van der Waals surface area contributed by atoms with E-state index in [9.17, 15) is 15.0 Å². The van der Waals surface area contributed by atoms with Gasteiger partial charge in [-0.05, 0) is 73.3 Å². The zero-order valence-corrected chi connectivity index (χ0v) is 34.0. The lowest BCUT2D eigenvalue weighted by atomic mass is 9.57. The fourth-order valence-electron chi connectivity index (χ4n) is 8.20. The average molecular weight is 781 g/mol. The largest absolute Gasteiger partial charge is 0.507 e. The summed E-state index contributed by atoms with van der Waals surface area (Å²) in [5, 5.41) is 26.7. The Labute approximate surface area is 327 Å². The highest BCUT2D eigenvalue weighted by atomic mass is 28.4. The number of nitrogens with zero attached hydrogens (tertiary/aromatic N) is 2. The van der Waals surface area contributed by atoms with Crippen molar-refractivity contribution in [2.45, 2.75) is 76.6 Å². The number of methoxy groups -OCH3 is 1. The van der Waals surface area contributed by atoms with E-state index < -0.39 is 60.1 Å². The molecule has 3 aliphatic rings. The minimum atomic E-state index is -2.98. The fourth-order valence-corrected chi connectivity index (χ4v) is 9.64. The summed E-state index contributed by atoms with van der Waals surface area (Å²) in [6, 6.07) is 19.4. The summed E-state index contributed by atoms with van der Waals surface area (Å²) in [5.74, 6) is -4.10. The molecule has 3 aliphatic carbocycles. The van der Waals surface area contributed by atoms with Gasteiger partial charge in [0.15, 0.2) is 19.7 Å². The number of fused-ring (bicyclic) bond motifs is 4. The highest BCUT2D eigenvalue weighted by Gasteiger charge is 2.69. The van der Waals surface area contributed by atoms with Crippen molar-refractivity contribution < 1.29 is 47.8 Å². The number of hydrogen-bond acceptors (Lipinski definition) is 11. The molecule has 1 aromatic heterocycles. The topological polar surface area (TPSA) is 158 Å². The third kappa shape index (κ3) is 6.31. The van der Waals surface area contributed by atoms with E-state index in [2.05, 4.69) is 5.16 Å². The number of ketones is 2. The first-order valence-electron chi connectivity index (χ1n) is 18.7. The molecule has 1 unspecified atom stereocenters. The van der Waals surface area contributed by atoms with Crippen molar-refractivity contribution in [2.24, 2.45) is 11.8 Å². The van der Waals surface area contributed by atoms with Crippen LogP contribution in [-0.4, -0.2) is 72.9 Å². The van der Waals surface area contributed by atoms with Gasteiger partial charge < -0.3 is 33.4 Å². The van der Waals surface area contributed by atoms with Crippen LogP contribution in [0.3, 0.4) is 0 Å². The summed E-state index contributed by atoms with van der Waals surface area (Å²) < 4.78 is 31.3. The van der Waals surface area contributed by atoms with Crippen molar-refractivity contribution >= 4 is 31.6 Å². The predicted molar refractivity (Wildman–Crippen MR) is 210 cm³/mol. The van der Waals surface area contributed by atoms with Gasteiger partial charge in [-0.1, -0.05) is 81.4 Å². The number of carbonyl (C=O) groups excluding carboxylic acids is 2. The Balaban J connectivity index is 1.44. The minimum absolute atomic E-state index is 0.00853. The third-order valence-electron chi connectivity index (χ3n) is 11.9. The molecule has 0 bridgehead atoms. The van der Waals surface area contributed by atoms with Gasteiger partial charge in [0.1, 0.15) is 41.6 Å². The highest BCUT2D eigenvalue weighted by Crippen LogP contribution is 2.59. The maximum Gasteiger partial charge on any atom is 0.339 e. The summed E-state index contributed by atoms with van der Waals surface area (Å²) in [6.45, 7) is 10.1. The van der Waals surface area contributed by atoms with Gasteiger partial charge >= 0.3 is 5.97 Å². The monoisotopic (exact) mass is 780 g/mol. The van der Waals surface area contributed by atoms with Gasteiger partial charge in [0.05, 0.1) is 18.7 Å². The maximum atomic E-state index is 15.8. The van der Waals surface area contributed by atoms with Gasteiger partial charge in [0, 0.05) is 17.1 Å². The second-order valence-corrected chi connectivity index (χ2v) is 21.3. The van der Waals surface area contributed by atoms with Crippen molar-refractivity contribution in [1.82, 2.24) is 10.1 Å². The third-order valence-corrected chi connectivity index (χ3v) is 16.4. The number of rotatable bonds is 11. The quantitative estimate of drug-likeness (QED) is 0.112. The van der Waals surface area contributed by atoms with E-state index in [0.29, 0.717) is 5.56 Å². The lowest BCUT2D eigenvalue weighted by Crippen LogP contribution is -2.68. The predicted octanol–water partition coefficient (Wildman–Crippen LogP) is 7.83. The second kappa shape index (κ2) is 14.4. The summed E-state index contributed by atoms with van der Waals surface area (Å²) >= 11 is 0. The van der Waals surface area contributed by atoms with E-state index in [0.717, 1.165) is 11.1 Å². The number of carbonyl (C=O) groups is 3. The Kier molecular flexibility index (Phi) is 10.0. The van der Waals surface area contributed by atoms with E-state index in [1.807, 2.05) is 114 Å². The van der Waals surface area contributed by atoms with Gasteiger partial charge in [-0.3, -0.25) is 14.5 Å². The first-order valence-corrected chi connectivity index (χ1v) is 21.6. The zero-order valence-electron chi connectivity index (χ0n) is 33.0. The van der Waals surface area contributed by atoms with Crippen LogP contribution in [0.5, 0.6) is 17.4 Å². The first-order chi connectivity index (χ1) is 26.5. The van der Waals surface area contributed by atoms with Crippen LogP contribution < -0.4 is 14.2 Å². The smallest absolute Gasteiger partial charge is 0.339 e. The Morgan fingerprint density at radius 1 is 0.964 bits per heavy atom. The molecule has 294 valence electrons. The SMILES string of the molecule is COc1cc(C(=O)O)c(OCc2ccccc2)c2c1C[C@H]1C[C@H]3[C@H](N(C)C)c4onc(OCc5ccccc5)c4C(=O)C3(O[Si](C)(C)C(C)(C)C)C(=O)C1=C2O. The molecule has 12 nitrogen and oxygen atoms in total. The zero-order chi connectivity index (χ0) is 40.3. The molecular weight excluding hydrogens is 733 g/mol. The van der Waals surface area contributed by atoms with Crippen LogP contribution in [-0.2, 0) is 28.9 Å². The van der Waals surface area contributed by atoms with Crippen molar-refractivity contribution in [2.75, 3.05) is 21.2 Å². The van der Waals surface area contributed by atoms with Crippen LogP contribution >= 0.6 is 0 Å². The Morgan fingerprint density at radius 3 is 2.12 bits per heavy atom. The number of carboxylic acids is 1. The molecule has 0 aliphatic heterocycles. The van der Waals surface area contributed by atoms with Crippen LogP contribution in [0.2, 0.25) is 18.1 Å². The summed E-state index contributed by atoms with van der Waals surface area (Å²) in [7, 11) is 2.16. The number of aliphatic hydroxyl groups excluding tert-OH is 1. The molecule has 0 spiro atoms. The van der Waals surface area contributed by atoms with Crippen molar-refractivity contribution in [3.8, 4) is 17.4 Å². The highest BCUT2D eigenvalue weighted by molar-refractivity contribution is 6.74. The molecule has 4 atom stereocenters.